The van der Waals surface area contributed by atoms with Crippen LogP contribution in [0.4, 0.5) is 5.69 Å². The number of phenols is 1. The number of nitrogen functional groups attached to an aromatic ring is 1. The summed E-state index contributed by atoms with van der Waals surface area (Å²) in [5, 5.41) is 12.2. The van der Waals surface area contributed by atoms with Gasteiger partial charge in [-0.25, -0.2) is 0 Å². The lowest BCUT2D eigenvalue weighted by molar-refractivity contribution is 0.0921. The minimum atomic E-state index is -0.279. The Morgan fingerprint density at radius 1 is 1.47 bits per heavy atom. The van der Waals surface area contributed by atoms with Gasteiger partial charge in [0.25, 0.3) is 5.91 Å². The number of rotatable bonds is 6. The van der Waals surface area contributed by atoms with Gasteiger partial charge in [-0.2, -0.15) is 0 Å². The summed E-state index contributed by atoms with van der Waals surface area (Å²) in [6.45, 7) is 5.28. The van der Waals surface area contributed by atoms with Crippen LogP contribution >= 0.6 is 0 Å². The number of nitrogens with one attached hydrogen (secondary N) is 1. The smallest absolute Gasteiger partial charge is 0.253 e. The molecule has 1 aromatic rings. The van der Waals surface area contributed by atoms with E-state index in [0.717, 1.165) is 6.42 Å². The molecule has 0 aliphatic rings. The maximum absolute atomic E-state index is 12.0. The number of anilines is 1. The third-order valence-electron chi connectivity index (χ3n) is 2.99. The van der Waals surface area contributed by atoms with Crippen LogP contribution in [-0.2, 0) is 4.74 Å². The summed E-state index contributed by atoms with van der Waals surface area (Å²) >= 11 is 0. The van der Waals surface area contributed by atoms with Crippen molar-refractivity contribution in [3.8, 4) is 5.75 Å². The number of amides is 1. The van der Waals surface area contributed by atoms with Crippen molar-refractivity contribution >= 4 is 11.6 Å². The van der Waals surface area contributed by atoms with Crippen LogP contribution < -0.4 is 11.1 Å². The average molecular weight is 266 g/mol. The van der Waals surface area contributed by atoms with Crippen LogP contribution in [0.5, 0.6) is 5.75 Å². The number of phenolic OH excluding ortho intramolecular Hbond substituents is 1. The summed E-state index contributed by atoms with van der Waals surface area (Å²) in [5.41, 5.74) is 6.31. The zero-order valence-corrected chi connectivity index (χ0v) is 11.7. The zero-order chi connectivity index (χ0) is 14.5. The standard InChI is InChI=1S/C14H22N2O3/c1-14(2,6-7-19-3)9-16-13(18)11-8-10(17)4-5-12(11)15/h4-5,8,17H,6-7,9,15H2,1-3H3,(H,16,18). The van der Waals surface area contributed by atoms with E-state index < -0.39 is 0 Å². The molecular formula is C14H22N2O3. The predicted octanol–water partition coefficient (Wildman–Crippen LogP) is 1.77. The number of carbonyl (C=O) groups excluding carboxylic acids is 1. The van der Waals surface area contributed by atoms with E-state index in [1.807, 2.05) is 0 Å². The molecule has 1 aromatic carbocycles. The molecule has 1 rings (SSSR count). The largest absolute Gasteiger partial charge is 0.508 e. The molecule has 0 aliphatic carbocycles. The number of ether oxygens (including phenoxy) is 1. The Hall–Kier alpha value is -1.75. The molecule has 0 bridgehead atoms. The SMILES string of the molecule is COCCC(C)(C)CNC(=O)c1cc(O)ccc1N. The third kappa shape index (κ3) is 4.79. The Morgan fingerprint density at radius 2 is 2.16 bits per heavy atom. The normalized spacial score (nSPS) is 11.3. The molecule has 19 heavy (non-hydrogen) atoms. The van der Waals surface area contributed by atoms with Crippen molar-refractivity contribution in [3.63, 3.8) is 0 Å². The first-order valence-electron chi connectivity index (χ1n) is 6.21. The Kier molecular flexibility index (Phi) is 5.18. The van der Waals surface area contributed by atoms with Crippen molar-refractivity contribution in [1.29, 1.82) is 0 Å². The molecule has 0 fully saturated rings. The quantitative estimate of drug-likeness (QED) is 0.541. The summed E-state index contributed by atoms with van der Waals surface area (Å²) in [4.78, 5) is 12.0. The molecule has 1 amide bonds. The summed E-state index contributed by atoms with van der Waals surface area (Å²) in [6, 6.07) is 4.34. The lowest BCUT2D eigenvalue weighted by Gasteiger charge is -2.24. The second-order valence-electron chi connectivity index (χ2n) is 5.36. The molecule has 5 nitrogen and oxygen atoms in total. The van der Waals surface area contributed by atoms with E-state index in [1.165, 1.54) is 18.2 Å². The number of aromatic hydroxyl groups is 1. The van der Waals surface area contributed by atoms with Gasteiger partial charge in [0.2, 0.25) is 0 Å². The van der Waals surface area contributed by atoms with Gasteiger partial charge < -0.3 is 20.9 Å². The van der Waals surface area contributed by atoms with Crippen molar-refractivity contribution in [2.75, 3.05) is 26.0 Å². The maximum Gasteiger partial charge on any atom is 0.253 e. The van der Waals surface area contributed by atoms with E-state index in [0.29, 0.717) is 24.4 Å². The van der Waals surface area contributed by atoms with Gasteiger partial charge in [0.1, 0.15) is 5.75 Å². The van der Waals surface area contributed by atoms with Crippen LogP contribution in [0, 0.1) is 5.41 Å². The first-order chi connectivity index (χ1) is 8.85. The highest BCUT2D eigenvalue weighted by molar-refractivity contribution is 5.99. The molecule has 0 radical (unpaired) electrons. The van der Waals surface area contributed by atoms with E-state index in [1.54, 1.807) is 7.11 Å². The van der Waals surface area contributed by atoms with Crippen LogP contribution in [-0.4, -0.2) is 31.3 Å². The van der Waals surface area contributed by atoms with Gasteiger partial charge in [-0.05, 0) is 30.0 Å². The molecule has 106 valence electrons. The zero-order valence-electron chi connectivity index (χ0n) is 11.7. The fraction of sp³-hybridized carbons (Fsp3) is 0.500. The topological polar surface area (TPSA) is 84.6 Å². The number of benzene rings is 1. The Bertz CT molecular complexity index is 444. The highest BCUT2D eigenvalue weighted by Gasteiger charge is 2.19. The lowest BCUT2D eigenvalue weighted by atomic mass is 9.89. The van der Waals surface area contributed by atoms with Gasteiger partial charge in [-0.3, -0.25) is 4.79 Å². The van der Waals surface area contributed by atoms with Crippen LogP contribution in [0.25, 0.3) is 0 Å². The molecule has 4 N–H and O–H groups in total. The van der Waals surface area contributed by atoms with Crippen molar-refractivity contribution in [2.24, 2.45) is 5.41 Å². The lowest BCUT2D eigenvalue weighted by Crippen LogP contribution is -2.35. The number of methoxy groups -OCH3 is 1. The number of nitrogens with two attached hydrogens (primary N) is 1. The summed E-state index contributed by atoms with van der Waals surface area (Å²) < 4.78 is 5.04. The van der Waals surface area contributed by atoms with Gasteiger partial charge in [0.15, 0.2) is 0 Å². The van der Waals surface area contributed by atoms with Crippen molar-refractivity contribution in [3.05, 3.63) is 23.8 Å². The number of hydrogen-bond donors (Lipinski definition) is 3. The minimum Gasteiger partial charge on any atom is -0.508 e. The van der Waals surface area contributed by atoms with Crippen LogP contribution in [0.15, 0.2) is 18.2 Å². The monoisotopic (exact) mass is 266 g/mol. The van der Waals surface area contributed by atoms with Crippen LogP contribution in [0.3, 0.4) is 0 Å². The molecule has 0 saturated carbocycles. The first kappa shape index (κ1) is 15.3. The fourth-order valence-electron chi connectivity index (χ4n) is 1.62. The second kappa shape index (κ2) is 6.43. The second-order valence-corrected chi connectivity index (χ2v) is 5.36. The van der Waals surface area contributed by atoms with Gasteiger partial charge >= 0.3 is 0 Å². The summed E-state index contributed by atoms with van der Waals surface area (Å²) in [5.74, 6) is -0.253. The van der Waals surface area contributed by atoms with Gasteiger partial charge in [-0.15, -0.1) is 0 Å². The summed E-state index contributed by atoms with van der Waals surface area (Å²) in [7, 11) is 1.65. The molecule has 0 aromatic heterocycles. The molecule has 0 saturated heterocycles. The average Bonchev–Trinajstić information content (AvgIpc) is 2.36. The van der Waals surface area contributed by atoms with E-state index in [-0.39, 0.29) is 17.1 Å². The Labute approximate surface area is 113 Å². The van der Waals surface area contributed by atoms with E-state index in [9.17, 15) is 9.90 Å². The summed E-state index contributed by atoms with van der Waals surface area (Å²) in [6.07, 6.45) is 0.847. The van der Waals surface area contributed by atoms with Crippen molar-refractivity contribution in [1.82, 2.24) is 5.32 Å². The molecule has 0 atom stereocenters. The predicted molar refractivity (Wildman–Crippen MR) is 75.1 cm³/mol. The Balaban J connectivity index is 2.62. The van der Waals surface area contributed by atoms with E-state index in [2.05, 4.69) is 19.2 Å². The molecule has 0 spiro atoms. The van der Waals surface area contributed by atoms with E-state index >= 15 is 0 Å². The third-order valence-corrected chi connectivity index (χ3v) is 2.99. The maximum atomic E-state index is 12.0. The number of hydrogen-bond acceptors (Lipinski definition) is 4. The van der Waals surface area contributed by atoms with E-state index in [4.69, 9.17) is 10.5 Å². The molecule has 0 aliphatic heterocycles. The number of carbonyl (C=O) groups is 1. The highest BCUT2D eigenvalue weighted by atomic mass is 16.5. The van der Waals surface area contributed by atoms with Crippen molar-refractivity contribution in [2.45, 2.75) is 20.3 Å². The molecular weight excluding hydrogens is 244 g/mol. The highest BCUT2D eigenvalue weighted by Crippen LogP contribution is 2.21. The minimum absolute atomic E-state index is 0.0259. The van der Waals surface area contributed by atoms with Gasteiger partial charge in [-0.1, -0.05) is 13.8 Å². The van der Waals surface area contributed by atoms with Crippen LogP contribution in [0.1, 0.15) is 30.6 Å². The van der Waals surface area contributed by atoms with Crippen molar-refractivity contribution < 1.29 is 14.6 Å². The fourth-order valence-corrected chi connectivity index (χ4v) is 1.62. The molecule has 0 unspecified atom stereocenters. The Morgan fingerprint density at radius 3 is 2.79 bits per heavy atom. The molecule has 5 heteroatoms. The van der Waals surface area contributed by atoms with Crippen LogP contribution in [0.2, 0.25) is 0 Å². The molecule has 0 heterocycles. The first-order valence-corrected chi connectivity index (χ1v) is 6.21. The van der Waals surface area contributed by atoms with Gasteiger partial charge in [0, 0.05) is 25.9 Å². The van der Waals surface area contributed by atoms with Gasteiger partial charge in [0.05, 0.1) is 5.56 Å².